The molecule has 3 nitrogen and oxygen atoms in total. The SMILES string of the molecule is CCc1cc(C)ccc1N(Nc1cccc(O)c1)c1ccc(F)cc1. The highest BCUT2D eigenvalue weighted by atomic mass is 19.1. The average molecular weight is 336 g/mol. The molecule has 25 heavy (non-hydrogen) atoms. The van der Waals surface area contributed by atoms with Gasteiger partial charge in [-0.25, -0.2) is 4.39 Å². The molecule has 0 radical (unpaired) electrons. The van der Waals surface area contributed by atoms with Crippen molar-refractivity contribution in [2.75, 3.05) is 10.4 Å². The van der Waals surface area contributed by atoms with Crippen molar-refractivity contribution in [2.45, 2.75) is 20.3 Å². The van der Waals surface area contributed by atoms with Gasteiger partial charge in [0.05, 0.1) is 17.1 Å². The fourth-order valence-electron chi connectivity index (χ4n) is 2.77. The molecule has 0 atom stereocenters. The van der Waals surface area contributed by atoms with Crippen LogP contribution in [0.3, 0.4) is 0 Å². The zero-order valence-electron chi connectivity index (χ0n) is 14.3. The van der Waals surface area contributed by atoms with E-state index in [9.17, 15) is 9.50 Å². The molecule has 0 aliphatic carbocycles. The van der Waals surface area contributed by atoms with Crippen LogP contribution in [-0.2, 0) is 6.42 Å². The molecule has 0 saturated heterocycles. The van der Waals surface area contributed by atoms with Crippen molar-refractivity contribution in [2.24, 2.45) is 0 Å². The van der Waals surface area contributed by atoms with Gasteiger partial charge >= 0.3 is 0 Å². The zero-order valence-corrected chi connectivity index (χ0v) is 14.3. The average Bonchev–Trinajstić information content (AvgIpc) is 2.61. The zero-order chi connectivity index (χ0) is 17.8. The van der Waals surface area contributed by atoms with Crippen LogP contribution in [0.5, 0.6) is 5.75 Å². The topological polar surface area (TPSA) is 35.5 Å². The van der Waals surface area contributed by atoms with Crippen molar-refractivity contribution in [3.05, 3.63) is 83.7 Å². The molecule has 0 aliphatic rings. The smallest absolute Gasteiger partial charge is 0.123 e. The molecular weight excluding hydrogens is 315 g/mol. The van der Waals surface area contributed by atoms with Crippen LogP contribution in [0.2, 0.25) is 0 Å². The maximum atomic E-state index is 13.4. The van der Waals surface area contributed by atoms with Crippen LogP contribution in [0.15, 0.2) is 66.7 Å². The molecule has 3 aromatic carbocycles. The number of phenolic OH excluding ortho intramolecular Hbond substituents is 1. The molecule has 0 spiro atoms. The molecule has 0 fully saturated rings. The Morgan fingerprint density at radius 3 is 2.44 bits per heavy atom. The Labute approximate surface area is 147 Å². The first-order chi connectivity index (χ1) is 12.1. The lowest BCUT2D eigenvalue weighted by Crippen LogP contribution is -2.25. The Kier molecular flexibility index (Phi) is 4.89. The predicted molar refractivity (Wildman–Crippen MR) is 101 cm³/mol. The van der Waals surface area contributed by atoms with Gasteiger partial charge in [0.2, 0.25) is 0 Å². The molecule has 0 aromatic heterocycles. The molecule has 0 unspecified atom stereocenters. The Morgan fingerprint density at radius 1 is 1.00 bits per heavy atom. The Hall–Kier alpha value is -3.01. The van der Waals surface area contributed by atoms with Crippen molar-refractivity contribution in [3.8, 4) is 5.75 Å². The molecule has 0 amide bonds. The quantitative estimate of drug-likeness (QED) is 0.598. The number of aromatic hydroxyl groups is 1. The third kappa shape index (κ3) is 3.91. The second-order valence-corrected chi connectivity index (χ2v) is 5.96. The molecule has 0 aliphatic heterocycles. The highest BCUT2D eigenvalue weighted by molar-refractivity contribution is 5.71. The lowest BCUT2D eigenvalue weighted by molar-refractivity contribution is 0.475. The number of aryl methyl sites for hydroxylation is 2. The molecule has 2 N–H and O–H groups in total. The molecule has 128 valence electrons. The standard InChI is InChI=1S/C21H21FN2O/c1-3-16-13-15(2)7-12-21(16)24(19-10-8-17(22)9-11-19)23-18-5-4-6-20(25)14-18/h4-14,23,25H,3H2,1-2H3. The number of hydrogen-bond acceptors (Lipinski definition) is 3. The normalized spacial score (nSPS) is 10.5. The lowest BCUT2D eigenvalue weighted by Gasteiger charge is -2.29. The summed E-state index contributed by atoms with van der Waals surface area (Å²) in [5.74, 6) is -0.0932. The highest BCUT2D eigenvalue weighted by Crippen LogP contribution is 2.31. The van der Waals surface area contributed by atoms with E-state index in [1.807, 2.05) is 17.1 Å². The highest BCUT2D eigenvalue weighted by Gasteiger charge is 2.14. The van der Waals surface area contributed by atoms with E-state index in [1.54, 1.807) is 30.3 Å². The molecule has 0 bridgehead atoms. The van der Waals surface area contributed by atoms with E-state index in [0.29, 0.717) is 0 Å². The van der Waals surface area contributed by atoms with Crippen molar-refractivity contribution >= 4 is 17.1 Å². The fraction of sp³-hybridized carbons (Fsp3) is 0.143. The van der Waals surface area contributed by atoms with Gasteiger partial charge in [-0.15, -0.1) is 0 Å². The summed E-state index contributed by atoms with van der Waals surface area (Å²) in [6.07, 6.45) is 0.871. The van der Waals surface area contributed by atoms with Gasteiger partial charge in [0.15, 0.2) is 0 Å². The second kappa shape index (κ2) is 7.26. The van der Waals surface area contributed by atoms with Gasteiger partial charge in [0.1, 0.15) is 11.6 Å². The van der Waals surface area contributed by atoms with E-state index in [4.69, 9.17) is 0 Å². The molecular formula is C21H21FN2O. The van der Waals surface area contributed by atoms with E-state index in [-0.39, 0.29) is 11.6 Å². The van der Waals surface area contributed by atoms with Gasteiger partial charge in [-0.1, -0.05) is 30.7 Å². The van der Waals surface area contributed by atoms with E-state index < -0.39 is 0 Å². The van der Waals surface area contributed by atoms with Crippen LogP contribution < -0.4 is 10.4 Å². The van der Waals surface area contributed by atoms with Crippen LogP contribution in [-0.4, -0.2) is 5.11 Å². The second-order valence-electron chi connectivity index (χ2n) is 5.96. The van der Waals surface area contributed by atoms with Gasteiger partial charge in [0, 0.05) is 6.07 Å². The Morgan fingerprint density at radius 2 is 1.76 bits per heavy atom. The summed E-state index contributed by atoms with van der Waals surface area (Å²) in [6.45, 7) is 4.17. The monoisotopic (exact) mass is 336 g/mol. The van der Waals surface area contributed by atoms with Crippen LogP contribution >= 0.6 is 0 Å². The number of nitrogens with one attached hydrogen (secondary N) is 1. The summed E-state index contributed by atoms with van der Waals surface area (Å²) in [6, 6.07) is 19.5. The minimum absolute atomic E-state index is 0.184. The number of hydrogen-bond donors (Lipinski definition) is 2. The summed E-state index contributed by atoms with van der Waals surface area (Å²) in [5.41, 5.74) is 8.23. The number of phenols is 1. The predicted octanol–water partition coefficient (Wildman–Crippen LogP) is 5.57. The number of benzene rings is 3. The van der Waals surface area contributed by atoms with Gasteiger partial charge in [0.25, 0.3) is 0 Å². The summed E-state index contributed by atoms with van der Waals surface area (Å²) < 4.78 is 13.4. The molecule has 0 saturated carbocycles. The van der Waals surface area contributed by atoms with Gasteiger partial charge in [-0.3, -0.25) is 10.4 Å². The van der Waals surface area contributed by atoms with E-state index in [2.05, 4.69) is 31.4 Å². The van der Waals surface area contributed by atoms with Crippen molar-refractivity contribution in [1.29, 1.82) is 0 Å². The molecule has 3 aromatic rings. The van der Waals surface area contributed by atoms with Gasteiger partial charge in [-0.05, 0) is 61.4 Å². The van der Waals surface area contributed by atoms with Crippen LogP contribution in [0.4, 0.5) is 21.5 Å². The first-order valence-electron chi connectivity index (χ1n) is 8.27. The largest absolute Gasteiger partial charge is 0.508 e. The minimum Gasteiger partial charge on any atom is -0.508 e. The van der Waals surface area contributed by atoms with E-state index >= 15 is 0 Å². The fourth-order valence-corrected chi connectivity index (χ4v) is 2.77. The lowest BCUT2D eigenvalue weighted by atomic mass is 10.1. The van der Waals surface area contributed by atoms with Crippen molar-refractivity contribution < 1.29 is 9.50 Å². The first-order valence-corrected chi connectivity index (χ1v) is 8.27. The Balaban J connectivity index is 2.07. The maximum Gasteiger partial charge on any atom is 0.123 e. The van der Waals surface area contributed by atoms with Crippen LogP contribution in [0.1, 0.15) is 18.1 Å². The Bertz CT molecular complexity index is 862. The summed E-state index contributed by atoms with van der Waals surface area (Å²) >= 11 is 0. The number of hydrazine groups is 1. The van der Waals surface area contributed by atoms with Gasteiger partial charge < -0.3 is 5.11 Å². The maximum absolute atomic E-state index is 13.4. The molecule has 3 rings (SSSR count). The van der Waals surface area contributed by atoms with E-state index in [0.717, 1.165) is 23.5 Å². The first kappa shape index (κ1) is 16.8. The number of halogens is 1. The third-order valence-electron chi connectivity index (χ3n) is 4.03. The molecule has 0 heterocycles. The van der Waals surface area contributed by atoms with Crippen LogP contribution in [0.25, 0.3) is 0 Å². The number of anilines is 3. The summed E-state index contributed by atoms with van der Waals surface area (Å²) in [5, 5.41) is 11.6. The van der Waals surface area contributed by atoms with E-state index in [1.165, 1.54) is 23.3 Å². The van der Waals surface area contributed by atoms with Crippen molar-refractivity contribution in [1.82, 2.24) is 0 Å². The number of nitrogens with zero attached hydrogens (tertiary/aromatic N) is 1. The summed E-state index contributed by atoms with van der Waals surface area (Å²) in [4.78, 5) is 0. The third-order valence-corrected chi connectivity index (χ3v) is 4.03. The summed E-state index contributed by atoms with van der Waals surface area (Å²) in [7, 11) is 0. The number of rotatable bonds is 5. The van der Waals surface area contributed by atoms with Crippen LogP contribution in [0, 0.1) is 12.7 Å². The van der Waals surface area contributed by atoms with Gasteiger partial charge in [-0.2, -0.15) is 0 Å². The molecule has 4 heteroatoms. The van der Waals surface area contributed by atoms with Crippen molar-refractivity contribution in [3.63, 3.8) is 0 Å². The minimum atomic E-state index is -0.277.